The van der Waals surface area contributed by atoms with Gasteiger partial charge in [-0.05, 0) is 25.0 Å². The molecule has 6 nitrogen and oxygen atoms in total. The van der Waals surface area contributed by atoms with Crippen LogP contribution in [0.15, 0.2) is 23.0 Å². The Labute approximate surface area is 121 Å². The predicted octanol–water partition coefficient (Wildman–Crippen LogP) is 0.766. The minimum absolute atomic E-state index is 0.102. The molecule has 0 aliphatic carbocycles. The first-order chi connectivity index (χ1) is 10.1. The highest BCUT2D eigenvalue weighted by Crippen LogP contribution is 2.26. The summed E-state index contributed by atoms with van der Waals surface area (Å²) in [5.41, 5.74) is 2.35. The molecule has 0 atom stereocenters. The summed E-state index contributed by atoms with van der Waals surface area (Å²) >= 11 is 0. The van der Waals surface area contributed by atoms with E-state index in [-0.39, 0.29) is 11.7 Å². The molecule has 0 aromatic carbocycles. The van der Waals surface area contributed by atoms with Crippen molar-refractivity contribution in [3.8, 4) is 6.07 Å². The first kappa shape index (κ1) is 13.6. The second-order valence-electron chi connectivity index (χ2n) is 5.32. The fraction of sp³-hybridized carbons (Fsp3) is 0.400. The zero-order valence-corrected chi connectivity index (χ0v) is 11.8. The summed E-state index contributed by atoms with van der Waals surface area (Å²) in [6.07, 6.45) is 1.07. The van der Waals surface area contributed by atoms with Crippen LogP contribution < -0.4 is 10.5 Å². The Morgan fingerprint density at radius 3 is 2.76 bits per heavy atom. The maximum atomic E-state index is 12.1. The second kappa shape index (κ2) is 5.19. The number of hydrogen-bond donors (Lipinski definition) is 1. The van der Waals surface area contributed by atoms with E-state index in [0.717, 1.165) is 5.69 Å². The highest BCUT2D eigenvalue weighted by atomic mass is 16.3. The number of pyridine rings is 2. The van der Waals surface area contributed by atoms with Crippen molar-refractivity contribution in [2.45, 2.75) is 18.9 Å². The molecular weight excluding hydrogens is 268 g/mol. The SMILES string of the molecule is Cn1c(=O)cc(N2CCC(O)CC2)c2nc(C#N)ccc21. The van der Waals surface area contributed by atoms with Gasteiger partial charge in [0.25, 0.3) is 5.56 Å². The molecule has 3 rings (SSSR count). The molecular formula is C15H16N4O2. The number of aryl methyl sites for hydroxylation is 1. The average molecular weight is 284 g/mol. The number of rotatable bonds is 1. The van der Waals surface area contributed by atoms with Crippen LogP contribution in [0.2, 0.25) is 0 Å². The van der Waals surface area contributed by atoms with E-state index in [9.17, 15) is 9.90 Å². The van der Waals surface area contributed by atoms with Crippen LogP contribution in [-0.2, 0) is 7.05 Å². The van der Waals surface area contributed by atoms with Crippen molar-refractivity contribution in [1.29, 1.82) is 5.26 Å². The van der Waals surface area contributed by atoms with E-state index in [4.69, 9.17) is 5.26 Å². The Balaban J connectivity index is 2.19. The minimum Gasteiger partial charge on any atom is -0.393 e. The Kier molecular flexibility index (Phi) is 3.35. The number of anilines is 1. The van der Waals surface area contributed by atoms with E-state index in [1.807, 2.05) is 6.07 Å². The number of aromatic nitrogens is 2. The second-order valence-corrected chi connectivity index (χ2v) is 5.32. The molecule has 2 aromatic heterocycles. The van der Waals surface area contributed by atoms with Crippen molar-refractivity contribution in [1.82, 2.24) is 9.55 Å². The van der Waals surface area contributed by atoms with E-state index >= 15 is 0 Å². The van der Waals surface area contributed by atoms with Gasteiger partial charge in [0.1, 0.15) is 17.3 Å². The molecule has 3 heterocycles. The molecule has 1 fully saturated rings. The average Bonchev–Trinajstić information content (AvgIpc) is 2.51. The molecule has 1 aliphatic rings. The van der Waals surface area contributed by atoms with Gasteiger partial charge in [-0.1, -0.05) is 0 Å². The van der Waals surface area contributed by atoms with E-state index in [1.165, 1.54) is 4.57 Å². The summed E-state index contributed by atoms with van der Waals surface area (Å²) in [6.45, 7) is 1.36. The number of nitriles is 1. The molecule has 0 saturated carbocycles. The number of aliphatic hydroxyl groups excluding tert-OH is 1. The molecule has 21 heavy (non-hydrogen) atoms. The van der Waals surface area contributed by atoms with Gasteiger partial charge in [-0.15, -0.1) is 0 Å². The maximum Gasteiger partial charge on any atom is 0.252 e. The maximum absolute atomic E-state index is 12.1. The summed E-state index contributed by atoms with van der Waals surface area (Å²) in [5.74, 6) is 0. The topological polar surface area (TPSA) is 82.2 Å². The monoisotopic (exact) mass is 284 g/mol. The highest BCUT2D eigenvalue weighted by Gasteiger charge is 2.21. The number of aliphatic hydroxyl groups is 1. The van der Waals surface area contributed by atoms with Crippen molar-refractivity contribution >= 4 is 16.7 Å². The lowest BCUT2D eigenvalue weighted by Crippen LogP contribution is -2.37. The van der Waals surface area contributed by atoms with Crippen LogP contribution in [0.4, 0.5) is 5.69 Å². The predicted molar refractivity (Wildman–Crippen MR) is 79.2 cm³/mol. The number of piperidine rings is 1. The van der Waals surface area contributed by atoms with Gasteiger partial charge < -0.3 is 14.6 Å². The summed E-state index contributed by atoms with van der Waals surface area (Å²) in [7, 11) is 1.70. The normalized spacial score (nSPS) is 16.1. The lowest BCUT2D eigenvalue weighted by Gasteiger charge is -2.32. The third-order valence-corrected chi connectivity index (χ3v) is 3.99. The highest BCUT2D eigenvalue weighted by molar-refractivity contribution is 5.88. The number of fused-ring (bicyclic) bond motifs is 1. The van der Waals surface area contributed by atoms with Gasteiger partial charge >= 0.3 is 0 Å². The third-order valence-electron chi connectivity index (χ3n) is 3.99. The molecule has 1 aliphatic heterocycles. The molecule has 6 heteroatoms. The van der Waals surface area contributed by atoms with Gasteiger partial charge in [-0.2, -0.15) is 5.26 Å². The molecule has 1 N–H and O–H groups in total. The van der Waals surface area contributed by atoms with Gasteiger partial charge in [0.15, 0.2) is 0 Å². The fourth-order valence-electron chi connectivity index (χ4n) is 2.72. The number of nitrogens with zero attached hydrogens (tertiary/aromatic N) is 4. The molecule has 108 valence electrons. The van der Waals surface area contributed by atoms with E-state index in [0.29, 0.717) is 42.7 Å². The van der Waals surface area contributed by atoms with Crippen LogP contribution in [0, 0.1) is 11.3 Å². The van der Waals surface area contributed by atoms with Gasteiger partial charge in [-0.3, -0.25) is 4.79 Å². The van der Waals surface area contributed by atoms with Crippen molar-refractivity contribution in [2.24, 2.45) is 7.05 Å². The lowest BCUT2D eigenvalue weighted by molar-refractivity contribution is 0.145. The summed E-state index contributed by atoms with van der Waals surface area (Å²) < 4.78 is 1.53. The van der Waals surface area contributed by atoms with Crippen molar-refractivity contribution in [2.75, 3.05) is 18.0 Å². The first-order valence-corrected chi connectivity index (χ1v) is 6.94. The molecule has 1 saturated heterocycles. The van der Waals surface area contributed by atoms with Gasteiger partial charge in [0.2, 0.25) is 0 Å². The van der Waals surface area contributed by atoms with Crippen molar-refractivity contribution in [3.63, 3.8) is 0 Å². The van der Waals surface area contributed by atoms with Gasteiger partial charge in [0.05, 0.1) is 17.3 Å². The van der Waals surface area contributed by atoms with Crippen molar-refractivity contribution in [3.05, 3.63) is 34.2 Å². The van der Waals surface area contributed by atoms with E-state index in [2.05, 4.69) is 9.88 Å². The third kappa shape index (κ3) is 2.36. The Hall–Kier alpha value is -2.39. The zero-order chi connectivity index (χ0) is 15.0. The quantitative estimate of drug-likeness (QED) is 0.836. The largest absolute Gasteiger partial charge is 0.393 e. The zero-order valence-electron chi connectivity index (χ0n) is 11.8. The molecule has 0 radical (unpaired) electrons. The first-order valence-electron chi connectivity index (χ1n) is 6.94. The van der Waals surface area contributed by atoms with Crippen LogP contribution in [-0.4, -0.2) is 33.9 Å². The Morgan fingerprint density at radius 1 is 1.38 bits per heavy atom. The van der Waals surface area contributed by atoms with Crippen LogP contribution in [0.1, 0.15) is 18.5 Å². The molecule has 0 amide bonds. The van der Waals surface area contributed by atoms with Gasteiger partial charge in [-0.25, -0.2) is 4.98 Å². The molecule has 0 spiro atoms. The van der Waals surface area contributed by atoms with Crippen LogP contribution in [0.3, 0.4) is 0 Å². The Bertz CT molecular complexity index is 783. The van der Waals surface area contributed by atoms with Crippen LogP contribution in [0.25, 0.3) is 11.0 Å². The standard InChI is InChI=1S/C15H16N4O2/c1-18-12-3-2-10(9-16)17-15(12)13(8-14(18)21)19-6-4-11(20)5-7-19/h2-3,8,11,20H,4-7H2,1H3. The van der Waals surface area contributed by atoms with Crippen LogP contribution >= 0.6 is 0 Å². The number of hydrogen-bond acceptors (Lipinski definition) is 5. The summed E-state index contributed by atoms with van der Waals surface area (Å²) in [5, 5.41) is 18.6. The minimum atomic E-state index is -0.276. The summed E-state index contributed by atoms with van der Waals surface area (Å²) in [6, 6.07) is 6.97. The molecule has 0 bridgehead atoms. The molecule has 2 aromatic rings. The Morgan fingerprint density at radius 2 is 2.10 bits per heavy atom. The van der Waals surface area contributed by atoms with Crippen molar-refractivity contribution < 1.29 is 5.11 Å². The van der Waals surface area contributed by atoms with Crippen LogP contribution in [0.5, 0.6) is 0 Å². The van der Waals surface area contributed by atoms with E-state index in [1.54, 1.807) is 25.2 Å². The van der Waals surface area contributed by atoms with E-state index < -0.39 is 0 Å². The molecule has 0 unspecified atom stereocenters. The lowest BCUT2D eigenvalue weighted by atomic mass is 10.1. The summed E-state index contributed by atoms with van der Waals surface area (Å²) in [4.78, 5) is 18.5. The smallest absolute Gasteiger partial charge is 0.252 e. The fourth-order valence-corrected chi connectivity index (χ4v) is 2.72. The van der Waals surface area contributed by atoms with Gasteiger partial charge in [0, 0.05) is 26.2 Å².